The summed E-state index contributed by atoms with van der Waals surface area (Å²) >= 11 is 6.61. The van der Waals surface area contributed by atoms with Gasteiger partial charge in [-0.25, -0.2) is 4.98 Å². The van der Waals surface area contributed by atoms with Crippen molar-refractivity contribution >= 4 is 29.4 Å². The number of pyridine rings is 2. The van der Waals surface area contributed by atoms with E-state index < -0.39 is 0 Å². The van der Waals surface area contributed by atoms with E-state index in [4.69, 9.17) is 11.6 Å². The molecule has 0 atom stereocenters. The molecule has 2 aromatic heterocycles. The maximum Gasteiger partial charge on any atom is 0.273 e. The van der Waals surface area contributed by atoms with Gasteiger partial charge < -0.3 is 19.5 Å². The first-order valence-corrected chi connectivity index (χ1v) is 14.0. The lowest BCUT2D eigenvalue weighted by Crippen LogP contribution is -2.54. The molecule has 0 radical (unpaired) electrons. The first-order valence-electron chi connectivity index (χ1n) is 13.6. The van der Waals surface area contributed by atoms with Crippen LogP contribution in [0.4, 0.5) is 11.4 Å². The number of halogens is 1. The van der Waals surface area contributed by atoms with E-state index in [1.807, 2.05) is 32.0 Å². The van der Waals surface area contributed by atoms with Crippen LogP contribution in [0.25, 0.3) is 22.4 Å². The first-order chi connectivity index (χ1) is 19.3. The van der Waals surface area contributed by atoms with Crippen LogP contribution in [0.1, 0.15) is 26.5 Å². The van der Waals surface area contributed by atoms with Gasteiger partial charge >= 0.3 is 0 Å². The zero-order valence-corrected chi connectivity index (χ0v) is 25.6. The second-order valence-corrected chi connectivity index (χ2v) is 12.0. The normalized spacial score (nSPS) is 14.5. The number of benzene rings is 1. The Morgan fingerprint density at radius 2 is 1.71 bits per heavy atom. The van der Waals surface area contributed by atoms with Crippen molar-refractivity contribution in [2.75, 3.05) is 50.1 Å². The van der Waals surface area contributed by atoms with Gasteiger partial charge in [0, 0.05) is 88.3 Å². The van der Waals surface area contributed by atoms with E-state index in [1.54, 1.807) is 54.5 Å². The van der Waals surface area contributed by atoms with Crippen molar-refractivity contribution in [3.63, 3.8) is 0 Å². The highest BCUT2D eigenvalue weighted by Crippen LogP contribution is 2.40. The van der Waals surface area contributed by atoms with Crippen LogP contribution in [0.3, 0.4) is 0 Å². The zero-order chi connectivity index (χ0) is 30.1. The quantitative estimate of drug-likeness (QED) is 0.407. The molecule has 1 aromatic carbocycles. The number of amides is 1. The maximum absolute atomic E-state index is 13.2. The van der Waals surface area contributed by atoms with Crippen LogP contribution in [-0.4, -0.2) is 76.7 Å². The van der Waals surface area contributed by atoms with E-state index in [-0.39, 0.29) is 16.8 Å². The highest BCUT2D eigenvalue weighted by atomic mass is 35.5. The lowest BCUT2D eigenvalue weighted by atomic mass is 10.0. The summed E-state index contributed by atoms with van der Waals surface area (Å²) in [6.07, 6.45) is 5.76. The molecule has 1 N–H and O–H groups in total. The minimum atomic E-state index is -0.0873. The predicted molar refractivity (Wildman–Crippen MR) is 167 cm³/mol. The van der Waals surface area contributed by atoms with Gasteiger partial charge in [-0.1, -0.05) is 17.7 Å². The third-order valence-electron chi connectivity index (χ3n) is 7.30. The number of anilines is 2. The molecule has 1 saturated heterocycles. The molecule has 0 bridgehead atoms. The molecule has 218 valence electrons. The highest BCUT2D eigenvalue weighted by molar-refractivity contribution is 6.34. The average Bonchev–Trinajstić information content (AvgIpc) is 2.91. The summed E-state index contributed by atoms with van der Waals surface area (Å²) in [5.41, 5.74) is 4.05. The van der Waals surface area contributed by atoms with Crippen LogP contribution >= 0.6 is 11.6 Å². The summed E-state index contributed by atoms with van der Waals surface area (Å²) in [6.45, 7) is 11.7. The van der Waals surface area contributed by atoms with Crippen molar-refractivity contribution in [1.82, 2.24) is 19.4 Å². The molecule has 1 aliphatic rings. The molecule has 0 unspecified atom stereocenters. The molecule has 1 amide bonds. The van der Waals surface area contributed by atoms with Crippen LogP contribution in [0.5, 0.6) is 5.75 Å². The highest BCUT2D eigenvalue weighted by Gasteiger charge is 2.27. The van der Waals surface area contributed by atoms with Crippen molar-refractivity contribution in [3.05, 3.63) is 70.0 Å². The van der Waals surface area contributed by atoms with Crippen LogP contribution in [0, 0.1) is 6.92 Å². The molecule has 3 aromatic rings. The smallest absolute Gasteiger partial charge is 0.273 e. The number of aromatic nitrogens is 2. The summed E-state index contributed by atoms with van der Waals surface area (Å²) in [5, 5.41) is 11.8. The minimum Gasteiger partial charge on any atom is -0.505 e. The molecule has 1 fully saturated rings. The van der Waals surface area contributed by atoms with Crippen LogP contribution in [0.2, 0.25) is 5.02 Å². The van der Waals surface area contributed by atoms with Crippen LogP contribution < -0.4 is 15.4 Å². The fourth-order valence-corrected chi connectivity index (χ4v) is 5.30. The van der Waals surface area contributed by atoms with Crippen molar-refractivity contribution in [2.24, 2.45) is 7.05 Å². The van der Waals surface area contributed by atoms with E-state index in [0.29, 0.717) is 50.9 Å². The third kappa shape index (κ3) is 6.57. The van der Waals surface area contributed by atoms with Gasteiger partial charge in [-0.15, -0.1) is 0 Å². The second-order valence-electron chi connectivity index (χ2n) is 11.6. The Bertz CT molecular complexity index is 1520. The summed E-state index contributed by atoms with van der Waals surface area (Å²) < 4.78 is 1.55. The molecular weight excluding hydrogens is 540 g/mol. The van der Waals surface area contributed by atoms with Gasteiger partial charge in [0.2, 0.25) is 6.41 Å². The monoisotopic (exact) mass is 578 g/mol. The van der Waals surface area contributed by atoms with E-state index in [0.717, 1.165) is 26.2 Å². The first kappa shape index (κ1) is 30.1. The van der Waals surface area contributed by atoms with Gasteiger partial charge in [0.15, 0.2) is 0 Å². The van der Waals surface area contributed by atoms with Crippen molar-refractivity contribution in [1.29, 1.82) is 0 Å². The van der Waals surface area contributed by atoms with E-state index in [2.05, 4.69) is 35.6 Å². The SMILES string of the molecule is Cc1cc(-c2ccc(N(C=O)/C=C\N(C)C)c(Cl)c2)c(O)c(-c2cc(N3CCN(C(C)(C)C)CC3)c(=O)n(C)c2)n1. The number of hydrogen-bond acceptors (Lipinski definition) is 7. The molecule has 3 heterocycles. The van der Waals surface area contributed by atoms with Gasteiger partial charge in [0.25, 0.3) is 5.56 Å². The number of carbonyl (C=O) groups excluding carboxylic acids is 1. The molecule has 0 aliphatic carbocycles. The van der Waals surface area contributed by atoms with E-state index in [9.17, 15) is 14.7 Å². The molecule has 0 saturated carbocycles. The van der Waals surface area contributed by atoms with Crippen LogP contribution in [-0.2, 0) is 11.8 Å². The lowest BCUT2D eigenvalue weighted by molar-refractivity contribution is -0.106. The fraction of sp³-hybridized carbons (Fsp3) is 0.387. The lowest BCUT2D eigenvalue weighted by Gasteiger charge is -2.42. The Kier molecular flexibility index (Phi) is 8.80. The number of piperazine rings is 1. The molecule has 9 nitrogen and oxygen atoms in total. The standard InChI is InChI=1S/C31H39ClN6O3/c1-21-16-24(22-8-9-26(25(32)17-22)37(20-39)11-10-34(5)6)29(40)28(33-21)23-18-27(30(41)35(7)19-23)36-12-14-38(15-13-36)31(2,3)4/h8-11,16-20,40H,12-15H2,1-7H3/b11-10-. The summed E-state index contributed by atoms with van der Waals surface area (Å²) in [5.74, 6) is -0.0127. The number of aromatic hydroxyl groups is 1. The Balaban J connectivity index is 1.72. The fourth-order valence-electron chi connectivity index (χ4n) is 5.02. The van der Waals surface area contributed by atoms with Gasteiger partial charge in [0.1, 0.15) is 17.1 Å². The molecule has 10 heteroatoms. The molecule has 4 rings (SSSR count). The van der Waals surface area contributed by atoms with Crippen molar-refractivity contribution in [3.8, 4) is 28.1 Å². The Labute approximate surface area is 246 Å². The maximum atomic E-state index is 13.2. The average molecular weight is 579 g/mol. The largest absolute Gasteiger partial charge is 0.505 e. The molecular formula is C31H39ClN6O3. The van der Waals surface area contributed by atoms with Gasteiger partial charge in [0.05, 0.1) is 10.7 Å². The van der Waals surface area contributed by atoms with Gasteiger partial charge in [-0.2, -0.15) is 0 Å². The summed E-state index contributed by atoms with van der Waals surface area (Å²) in [4.78, 5) is 37.3. The van der Waals surface area contributed by atoms with Crippen molar-refractivity contribution < 1.29 is 9.90 Å². The number of carbonyl (C=O) groups is 1. The topological polar surface area (TPSA) is 85.2 Å². The molecule has 1 aliphatic heterocycles. The predicted octanol–water partition coefficient (Wildman–Crippen LogP) is 4.70. The zero-order valence-electron chi connectivity index (χ0n) is 24.8. The molecule has 0 spiro atoms. The Morgan fingerprint density at radius 1 is 1.02 bits per heavy atom. The van der Waals surface area contributed by atoms with Gasteiger partial charge in [-0.05, 0) is 57.5 Å². The number of hydrogen-bond donors (Lipinski definition) is 1. The summed E-state index contributed by atoms with van der Waals surface area (Å²) in [6, 6.07) is 8.89. The van der Waals surface area contributed by atoms with E-state index >= 15 is 0 Å². The minimum absolute atomic E-state index is 0.0127. The number of nitrogens with zero attached hydrogens (tertiary/aromatic N) is 6. The van der Waals surface area contributed by atoms with Gasteiger partial charge in [-0.3, -0.25) is 19.4 Å². The molecule has 41 heavy (non-hydrogen) atoms. The second kappa shape index (κ2) is 12.0. The number of rotatable bonds is 7. The van der Waals surface area contributed by atoms with Crippen molar-refractivity contribution in [2.45, 2.75) is 33.2 Å². The van der Waals surface area contributed by atoms with E-state index in [1.165, 1.54) is 4.90 Å². The summed E-state index contributed by atoms with van der Waals surface area (Å²) in [7, 11) is 5.43. The number of aryl methyl sites for hydroxylation is 2. The Morgan fingerprint density at radius 3 is 2.29 bits per heavy atom. The Hall–Kier alpha value is -3.82. The van der Waals surface area contributed by atoms with Crippen LogP contribution in [0.15, 0.2) is 53.7 Å². The third-order valence-corrected chi connectivity index (χ3v) is 7.61.